The summed E-state index contributed by atoms with van der Waals surface area (Å²) in [6.07, 6.45) is 36.1. The van der Waals surface area contributed by atoms with Crippen LogP contribution in [0, 0.1) is 0 Å². The molecule has 0 aliphatic carbocycles. The molecule has 2 aromatic carbocycles. The first kappa shape index (κ1) is 51.0. The summed E-state index contributed by atoms with van der Waals surface area (Å²) in [7, 11) is 0. The standard InChI is InChI=1S/C38H56N2.2C7H15.Pd/c1-5-9-13-15-16-18-22-37(36(31-40-39)21-12-8-4)38(34-27-23-32(24-28-34)19-11-7-3)35-29-25-33(26-30-35)20-17-14-10-6-2;2*1-3-5-7-6-4-2;/h23-30H,5-22H2,1-4H3;2*1,3-7H2,2H3;. The van der Waals surface area contributed by atoms with Crippen molar-refractivity contribution in [2.45, 2.75) is 231 Å². The van der Waals surface area contributed by atoms with Gasteiger partial charge in [0.25, 0.3) is 0 Å². The zero-order valence-corrected chi connectivity index (χ0v) is 38.6. The van der Waals surface area contributed by atoms with E-state index in [0.29, 0.717) is 0 Å². The Hall–Kier alpha value is -2.00. The first-order chi connectivity index (χ1) is 27.1. The van der Waals surface area contributed by atoms with Crippen LogP contribution >= 0.6 is 0 Å². The van der Waals surface area contributed by atoms with E-state index in [2.05, 4.69) is 101 Å². The van der Waals surface area contributed by atoms with Gasteiger partial charge in [0.15, 0.2) is 0 Å². The average Bonchev–Trinajstić information content (AvgIpc) is 3.21. The Labute approximate surface area is 351 Å². The number of benzene rings is 2. The first-order valence-corrected chi connectivity index (χ1v) is 25.6. The van der Waals surface area contributed by atoms with E-state index in [0.717, 1.165) is 68.5 Å². The van der Waals surface area contributed by atoms with Crippen LogP contribution in [0.4, 0.5) is 0 Å². The third kappa shape index (κ3) is 25.8. The summed E-state index contributed by atoms with van der Waals surface area (Å²) in [5, 5.41) is 0. The minimum absolute atomic E-state index is 0.888. The molecule has 0 saturated carbocycles. The van der Waals surface area contributed by atoms with Gasteiger partial charge in [-0.2, -0.15) is 0 Å². The zero-order valence-electron chi connectivity index (χ0n) is 37.0. The predicted octanol–water partition coefficient (Wildman–Crippen LogP) is 17.6. The molecule has 0 N–H and O–H groups in total. The molecule has 2 nitrogen and oxygen atoms in total. The van der Waals surface area contributed by atoms with E-state index in [9.17, 15) is 5.53 Å². The van der Waals surface area contributed by atoms with Crippen molar-refractivity contribution in [2.75, 3.05) is 0 Å². The molecule has 2 aromatic rings. The van der Waals surface area contributed by atoms with Crippen molar-refractivity contribution in [3.8, 4) is 0 Å². The third-order valence-corrected chi connectivity index (χ3v) is 12.9. The molecule has 0 aliphatic rings. The maximum absolute atomic E-state index is 9.62. The van der Waals surface area contributed by atoms with E-state index < -0.39 is 0 Å². The average molecular weight is 846 g/mol. The summed E-state index contributed by atoms with van der Waals surface area (Å²) < 4.78 is 0. The van der Waals surface area contributed by atoms with Gasteiger partial charge in [0.2, 0.25) is 0 Å². The summed E-state index contributed by atoms with van der Waals surface area (Å²) in [4.78, 5) is 6.51. The molecule has 0 aliphatic heterocycles. The van der Waals surface area contributed by atoms with Crippen molar-refractivity contribution in [1.29, 1.82) is 0 Å². The van der Waals surface area contributed by atoms with Crippen molar-refractivity contribution in [1.82, 2.24) is 0 Å². The zero-order chi connectivity index (χ0) is 40.0. The van der Waals surface area contributed by atoms with Crippen LogP contribution in [0.2, 0.25) is 9.79 Å². The molecule has 55 heavy (non-hydrogen) atoms. The molecule has 0 heterocycles. The molecule has 0 atom stereocenters. The molecular weight excluding hydrogens is 759 g/mol. The Morgan fingerprint density at radius 1 is 0.455 bits per heavy atom. The van der Waals surface area contributed by atoms with Crippen LogP contribution in [0.5, 0.6) is 0 Å². The number of hydrogen-bond acceptors (Lipinski definition) is 0. The van der Waals surface area contributed by atoms with Crippen molar-refractivity contribution in [3.05, 3.63) is 87.5 Å². The number of aryl methyl sites for hydroxylation is 2. The van der Waals surface area contributed by atoms with Crippen LogP contribution in [0.1, 0.15) is 231 Å². The normalized spacial score (nSPS) is 11.5. The molecule has 0 aromatic heterocycles. The van der Waals surface area contributed by atoms with E-state index in [1.54, 1.807) is 0 Å². The van der Waals surface area contributed by atoms with Gasteiger partial charge in [-0.3, -0.25) is 0 Å². The van der Waals surface area contributed by atoms with Crippen LogP contribution in [-0.2, 0) is 30.8 Å². The second-order valence-electron chi connectivity index (χ2n) is 15.8. The number of hydrogen-bond donors (Lipinski definition) is 0. The molecule has 0 radical (unpaired) electrons. The second kappa shape index (κ2) is 37.6. The summed E-state index contributed by atoms with van der Waals surface area (Å²) in [6, 6.07) is 18.6. The van der Waals surface area contributed by atoms with Gasteiger partial charge in [-0.05, 0) is 84.8 Å². The molecule has 0 spiro atoms. The molecule has 2 rings (SSSR count). The van der Waals surface area contributed by atoms with Crippen LogP contribution in [0.25, 0.3) is 11.1 Å². The van der Waals surface area contributed by atoms with E-state index in [1.165, 1.54) is 178 Å². The summed E-state index contributed by atoms with van der Waals surface area (Å²) in [6.45, 7) is 13.6. The molecule has 314 valence electrons. The van der Waals surface area contributed by atoms with Crippen molar-refractivity contribution >= 4 is 11.4 Å². The van der Waals surface area contributed by atoms with Gasteiger partial charge in [-0.1, -0.05) is 140 Å². The van der Waals surface area contributed by atoms with Crippen molar-refractivity contribution in [2.24, 2.45) is 0 Å². The van der Waals surface area contributed by atoms with E-state index in [4.69, 9.17) is 0 Å². The Morgan fingerprint density at radius 3 is 1.31 bits per heavy atom. The van der Waals surface area contributed by atoms with E-state index in [-0.39, 0.29) is 0 Å². The summed E-state index contributed by atoms with van der Waals surface area (Å²) >= 11 is 1.07. The molecule has 0 amide bonds. The Bertz CT molecular complexity index is 1270. The second-order valence-corrected chi connectivity index (χ2v) is 18.1. The molecule has 0 unspecified atom stereocenters. The van der Waals surface area contributed by atoms with Gasteiger partial charge >= 0.3 is 112 Å². The molecule has 0 fully saturated rings. The van der Waals surface area contributed by atoms with Gasteiger partial charge in [0, 0.05) is 0 Å². The predicted molar refractivity (Wildman–Crippen MR) is 242 cm³/mol. The number of rotatable bonds is 33. The van der Waals surface area contributed by atoms with Crippen molar-refractivity contribution < 1.29 is 22.8 Å². The maximum atomic E-state index is 9.62. The van der Waals surface area contributed by atoms with Crippen LogP contribution < -0.4 is 0 Å². The Balaban J connectivity index is 0.000000848. The topological polar surface area (TPSA) is 36.4 Å². The number of nitrogens with zero attached hydrogens (tertiary/aromatic N) is 2. The fourth-order valence-corrected chi connectivity index (χ4v) is 9.07. The number of unbranched alkanes of at least 4 members (excludes halogenated alkanes) is 18. The SMILES string of the molecule is CCCCCCCCC(C(=C=[N+]=[N-])CCCC)=C(c1ccc(CCCC)cc1)c1ccc(CCCCCC)cc1.CCCCCC[CH2][Pd][CH2]CCCCCC. The summed E-state index contributed by atoms with van der Waals surface area (Å²) in [5.41, 5.74) is 18.6. The minimum atomic E-state index is 0.888. The third-order valence-electron chi connectivity index (χ3n) is 10.7. The van der Waals surface area contributed by atoms with Gasteiger partial charge in [0.05, 0.1) is 5.57 Å². The monoisotopic (exact) mass is 845 g/mol. The van der Waals surface area contributed by atoms with Crippen LogP contribution in [0.3, 0.4) is 0 Å². The first-order valence-electron chi connectivity index (χ1n) is 23.4. The molecule has 0 bridgehead atoms. The van der Waals surface area contributed by atoms with E-state index in [1.807, 2.05) is 0 Å². The van der Waals surface area contributed by atoms with Gasteiger partial charge in [-0.15, -0.1) is 4.79 Å². The molecular formula is C52H86N2Pd. The van der Waals surface area contributed by atoms with Crippen LogP contribution in [-0.4, -0.2) is 10.7 Å². The van der Waals surface area contributed by atoms with Crippen LogP contribution in [0.15, 0.2) is 59.7 Å². The van der Waals surface area contributed by atoms with Gasteiger partial charge in [0.1, 0.15) is 0 Å². The van der Waals surface area contributed by atoms with Gasteiger partial charge < -0.3 is 5.53 Å². The fraction of sp³-hybridized carbons (Fsp3) is 0.692. The Morgan fingerprint density at radius 2 is 0.855 bits per heavy atom. The van der Waals surface area contributed by atoms with E-state index >= 15 is 0 Å². The van der Waals surface area contributed by atoms with Gasteiger partial charge in [-0.25, -0.2) is 0 Å². The number of allylic oxidation sites excluding steroid dienone is 2. The molecule has 3 heteroatoms. The molecule has 0 saturated heterocycles. The summed E-state index contributed by atoms with van der Waals surface area (Å²) in [5.74, 6) is 3.03. The quantitative estimate of drug-likeness (QED) is 0.0171. The fourth-order valence-electron chi connectivity index (χ4n) is 7.13. The Kier molecular flexibility index (Phi) is 34.9. The van der Waals surface area contributed by atoms with Crippen molar-refractivity contribution in [3.63, 3.8) is 0 Å².